The van der Waals surface area contributed by atoms with E-state index in [1.807, 2.05) is 60.7 Å². The number of hydrogen-bond donors (Lipinski definition) is 2. The van der Waals surface area contributed by atoms with Crippen molar-refractivity contribution in [3.8, 4) is 17.0 Å². The molecule has 0 fully saturated rings. The van der Waals surface area contributed by atoms with Crippen LogP contribution in [0.1, 0.15) is 11.1 Å². The van der Waals surface area contributed by atoms with E-state index < -0.39 is 6.36 Å². The maximum absolute atomic E-state index is 12.3. The van der Waals surface area contributed by atoms with Crippen molar-refractivity contribution in [1.82, 2.24) is 9.97 Å². The molecule has 0 unspecified atom stereocenters. The molecule has 1 heterocycles. The Balaban J connectivity index is 1.49. The highest BCUT2D eigenvalue weighted by Crippen LogP contribution is 2.23. The van der Waals surface area contributed by atoms with Gasteiger partial charge in [0.25, 0.3) is 0 Å². The van der Waals surface area contributed by atoms with Crippen LogP contribution < -0.4 is 15.5 Å². The van der Waals surface area contributed by atoms with E-state index in [2.05, 4.69) is 30.5 Å². The molecular weight excluding hydrogens is 479 g/mol. The summed E-state index contributed by atoms with van der Waals surface area (Å²) in [6.45, 7) is 0.525. The minimum absolute atomic E-state index is 0.248. The molecule has 0 aliphatic heterocycles. The molecule has 35 heavy (non-hydrogen) atoms. The molecule has 0 bridgehead atoms. The van der Waals surface area contributed by atoms with Crippen molar-refractivity contribution in [2.75, 3.05) is 10.7 Å². The maximum Gasteiger partial charge on any atom is 0.573 e. The summed E-state index contributed by atoms with van der Waals surface area (Å²) >= 11 is 5.95. The lowest BCUT2D eigenvalue weighted by Crippen LogP contribution is -2.17. The second-order valence-corrected chi connectivity index (χ2v) is 7.73. The molecule has 10 heteroatoms. The van der Waals surface area contributed by atoms with Crippen molar-refractivity contribution in [2.24, 2.45) is 5.10 Å². The van der Waals surface area contributed by atoms with Gasteiger partial charge < -0.3 is 10.1 Å². The molecular formula is C25H19ClF3N5O. The molecule has 0 spiro atoms. The molecule has 0 saturated carbocycles. The van der Waals surface area contributed by atoms with Crippen LogP contribution in [0.25, 0.3) is 11.3 Å². The number of hydrazone groups is 1. The second-order valence-electron chi connectivity index (χ2n) is 7.29. The lowest BCUT2D eigenvalue weighted by atomic mass is 10.1. The predicted molar refractivity (Wildman–Crippen MR) is 131 cm³/mol. The fourth-order valence-electron chi connectivity index (χ4n) is 3.06. The van der Waals surface area contributed by atoms with Crippen molar-refractivity contribution in [3.63, 3.8) is 0 Å². The number of anilines is 2. The Bertz CT molecular complexity index is 1280. The van der Waals surface area contributed by atoms with Crippen molar-refractivity contribution < 1.29 is 17.9 Å². The average molecular weight is 498 g/mol. The van der Waals surface area contributed by atoms with Gasteiger partial charge in [0.2, 0.25) is 5.95 Å². The van der Waals surface area contributed by atoms with Crippen LogP contribution in [0.2, 0.25) is 5.02 Å². The predicted octanol–water partition coefficient (Wildman–Crippen LogP) is 6.75. The molecule has 0 atom stereocenters. The summed E-state index contributed by atoms with van der Waals surface area (Å²) in [5.74, 6) is 0.524. The third-order valence-corrected chi connectivity index (χ3v) is 4.93. The summed E-state index contributed by atoms with van der Waals surface area (Å²) in [6.07, 6.45) is -3.30. The minimum Gasteiger partial charge on any atom is -0.406 e. The molecule has 1 aromatic heterocycles. The number of halogens is 4. The molecule has 4 rings (SSSR count). The fourth-order valence-corrected chi connectivity index (χ4v) is 3.19. The van der Waals surface area contributed by atoms with E-state index in [0.717, 1.165) is 11.1 Å². The third kappa shape index (κ3) is 7.44. The Labute approximate surface area is 204 Å². The number of hydrogen-bond acceptors (Lipinski definition) is 6. The largest absolute Gasteiger partial charge is 0.573 e. The number of ether oxygens (including phenoxy) is 1. The zero-order valence-electron chi connectivity index (χ0n) is 18.1. The van der Waals surface area contributed by atoms with Crippen LogP contribution in [0.5, 0.6) is 5.75 Å². The zero-order chi connectivity index (χ0) is 24.7. The molecule has 0 radical (unpaired) electrons. The van der Waals surface area contributed by atoms with Crippen molar-refractivity contribution >= 4 is 29.6 Å². The van der Waals surface area contributed by atoms with E-state index in [4.69, 9.17) is 11.6 Å². The van der Waals surface area contributed by atoms with Gasteiger partial charge in [0, 0.05) is 23.2 Å². The Morgan fingerprint density at radius 3 is 2.31 bits per heavy atom. The summed E-state index contributed by atoms with van der Waals surface area (Å²) in [6, 6.07) is 24.2. The highest BCUT2D eigenvalue weighted by Gasteiger charge is 2.30. The highest BCUT2D eigenvalue weighted by atomic mass is 35.5. The first-order valence-electron chi connectivity index (χ1n) is 10.4. The maximum atomic E-state index is 12.3. The second kappa shape index (κ2) is 10.9. The van der Waals surface area contributed by atoms with E-state index in [1.54, 1.807) is 0 Å². The number of alkyl halides is 3. The molecule has 0 aliphatic rings. The summed E-state index contributed by atoms with van der Waals surface area (Å²) < 4.78 is 40.8. The van der Waals surface area contributed by atoms with E-state index in [0.29, 0.717) is 28.6 Å². The fraction of sp³-hybridized carbons (Fsp3) is 0.0800. The van der Waals surface area contributed by atoms with Crippen LogP contribution in [-0.2, 0) is 6.54 Å². The number of rotatable bonds is 8. The van der Waals surface area contributed by atoms with Gasteiger partial charge in [0.1, 0.15) is 11.6 Å². The van der Waals surface area contributed by atoms with Crippen LogP contribution in [0.3, 0.4) is 0 Å². The van der Waals surface area contributed by atoms with Gasteiger partial charge in [-0.05, 0) is 47.5 Å². The van der Waals surface area contributed by atoms with Crippen LogP contribution in [0.4, 0.5) is 24.9 Å². The number of nitrogens with one attached hydrogen (secondary N) is 2. The van der Waals surface area contributed by atoms with E-state index >= 15 is 0 Å². The van der Waals surface area contributed by atoms with Crippen molar-refractivity contribution in [1.29, 1.82) is 0 Å². The first kappa shape index (κ1) is 24.0. The van der Waals surface area contributed by atoms with Gasteiger partial charge in [-0.3, -0.25) is 0 Å². The number of benzene rings is 3. The van der Waals surface area contributed by atoms with Gasteiger partial charge in [0.15, 0.2) is 0 Å². The Hall–Kier alpha value is -4.11. The summed E-state index contributed by atoms with van der Waals surface area (Å²) in [5, 5.41) is 8.05. The normalized spacial score (nSPS) is 11.4. The molecule has 0 amide bonds. The molecule has 0 aliphatic carbocycles. The van der Waals surface area contributed by atoms with Gasteiger partial charge in [-0.25, -0.2) is 10.4 Å². The summed E-state index contributed by atoms with van der Waals surface area (Å²) in [7, 11) is 0. The Kier molecular flexibility index (Phi) is 7.47. The molecule has 4 aromatic rings. The molecule has 3 aromatic carbocycles. The van der Waals surface area contributed by atoms with E-state index in [1.165, 1.54) is 30.5 Å². The van der Waals surface area contributed by atoms with Crippen LogP contribution in [0, 0.1) is 0 Å². The SMILES string of the molecule is FC(F)(F)Oc1ccc(C=NNc2nc(NCc3ccc(Cl)cc3)cc(-c3ccccc3)n2)cc1. The van der Waals surface area contributed by atoms with Crippen molar-refractivity contribution in [3.05, 3.63) is 101 Å². The number of aromatic nitrogens is 2. The monoisotopic (exact) mass is 497 g/mol. The van der Waals surface area contributed by atoms with E-state index in [9.17, 15) is 13.2 Å². The minimum atomic E-state index is -4.74. The number of nitrogens with zero attached hydrogens (tertiary/aromatic N) is 3. The van der Waals surface area contributed by atoms with Gasteiger partial charge in [-0.15, -0.1) is 13.2 Å². The van der Waals surface area contributed by atoms with Gasteiger partial charge in [0.05, 0.1) is 11.9 Å². The van der Waals surface area contributed by atoms with Crippen molar-refractivity contribution in [2.45, 2.75) is 12.9 Å². The molecule has 6 nitrogen and oxygen atoms in total. The molecule has 2 N–H and O–H groups in total. The zero-order valence-corrected chi connectivity index (χ0v) is 18.9. The Morgan fingerprint density at radius 2 is 1.63 bits per heavy atom. The molecule has 178 valence electrons. The summed E-state index contributed by atoms with van der Waals surface area (Å²) in [4.78, 5) is 8.98. The standard InChI is InChI=1S/C25H19ClF3N5O/c26-20-10-6-17(7-11-20)15-30-23-14-22(19-4-2-1-3-5-19)32-24(33-23)34-31-16-18-8-12-21(13-9-18)35-25(27,28)29/h1-14,16H,15H2,(H2,30,32,33,34). The molecule has 0 saturated heterocycles. The quantitative estimate of drug-likeness (QED) is 0.208. The smallest absolute Gasteiger partial charge is 0.406 e. The van der Waals surface area contributed by atoms with E-state index in [-0.39, 0.29) is 11.7 Å². The highest BCUT2D eigenvalue weighted by molar-refractivity contribution is 6.30. The Morgan fingerprint density at radius 1 is 0.914 bits per heavy atom. The van der Waals surface area contributed by atoms with Gasteiger partial charge >= 0.3 is 6.36 Å². The summed E-state index contributed by atoms with van der Waals surface area (Å²) in [5.41, 5.74) is 5.96. The third-order valence-electron chi connectivity index (χ3n) is 4.67. The van der Waals surface area contributed by atoms with Gasteiger partial charge in [-0.2, -0.15) is 10.1 Å². The van der Waals surface area contributed by atoms with Crippen LogP contribution in [-0.4, -0.2) is 22.5 Å². The van der Waals surface area contributed by atoms with Crippen LogP contribution >= 0.6 is 11.6 Å². The topological polar surface area (TPSA) is 71.4 Å². The first-order valence-corrected chi connectivity index (χ1v) is 10.8. The average Bonchev–Trinajstić information content (AvgIpc) is 2.84. The van der Waals surface area contributed by atoms with Gasteiger partial charge in [-0.1, -0.05) is 54.1 Å². The lowest BCUT2D eigenvalue weighted by Gasteiger charge is -2.10. The van der Waals surface area contributed by atoms with Crippen LogP contribution in [0.15, 0.2) is 90.0 Å². The first-order chi connectivity index (χ1) is 16.8. The lowest BCUT2D eigenvalue weighted by molar-refractivity contribution is -0.274.